The van der Waals surface area contributed by atoms with E-state index in [9.17, 15) is 107 Å². The number of rotatable bonds is 39. The molecule has 12 rings (SSSR count). The minimum Gasteiger partial charge on any atom is -0.508 e. The van der Waals surface area contributed by atoms with Crippen molar-refractivity contribution in [2.75, 3.05) is 26.4 Å². The number of nitrogens with zero attached hydrogens (tertiary/aromatic N) is 4. The standard InChI is InChI=1S/2C15H19BN2O7S.C15H21BN2O6S.2C15H20BNO5.C13H17BN2O5S/c2*1-9(19)7-10-4-5-12(16(23)25-10)17-15(22)14(11-3-2-6-26-11)18-24-8-13(20)21;1-10(20)9-11-4-5-13(16(22)24-11)17-15(21)14(18-23-7-6-19)12-3-2-8-25-12;1-10(18)7-13-5-6-14(16(21)22-13)17-15(20)9-11-3-2-4-12(19)8-11;1-10(18)8-12-6-7-14(16(21)22-12)17-15(20)9-11-4-2-3-5-13(11)19;1-8(17)7-9-4-5-11(14(19)21-9)15-13(18)12(16-20)10-3-2-6-22-10/h2*2-3,6,10,12,23H,4-5,7-8H2,1H3,(H,17,22)(H,20,21);2-3,8,11,13,19,22H,4-7,9H2,1H3,(H,17,21);2-4,8,13-14,19,21H,5-7,9H2,1H3,(H,17,20);2-5,12,14,19,21H,6-9H2,1H3,(H,17,20);2-3,6,9,11,19-20H,4-5,7H2,1H3,(H,15,18)/b18-14+;2*18-14-;;;16-12-/t2*10-,12-;11-,13-;13-,14-;12-,14-;9-,11-/m000000/s1. The van der Waals surface area contributed by atoms with Crippen LogP contribution in [-0.4, -0.2) is 307 Å². The third-order valence-electron chi connectivity index (χ3n) is 21.5. The molecule has 6 aliphatic heterocycles. The number of amides is 6. The number of nitrogens with one attached hydrogen (secondary N) is 6. The molecule has 0 aliphatic carbocycles. The van der Waals surface area contributed by atoms with Gasteiger partial charge in [0.15, 0.2) is 22.8 Å². The molecule has 0 spiro atoms. The van der Waals surface area contributed by atoms with Crippen LogP contribution in [-0.2, 0) is 122 Å². The number of thiophene rings is 4. The Morgan fingerprint density at radius 2 is 0.636 bits per heavy atom. The van der Waals surface area contributed by atoms with Gasteiger partial charge in [-0.25, -0.2) is 9.59 Å². The van der Waals surface area contributed by atoms with Crippen molar-refractivity contribution in [2.45, 2.75) is 242 Å². The van der Waals surface area contributed by atoms with Crippen molar-refractivity contribution in [2.24, 2.45) is 20.6 Å². The Morgan fingerprint density at radius 3 is 0.895 bits per heavy atom. The highest BCUT2D eigenvalue weighted by Crippen LogP contribution is 2.28. The monoisotopic (exact) mass is 2070 g/mol. The van der Waals surface area contributed by atoms with Gasteiger partial charge in [0.05, 0.1) is 74.6 Å². The minimum absolute atomic E-state index is 0.00664. The summed E-state index contributed by atoms with van der Waals surface area (Å²) in [4.78, 5) is 178. The Labute approximate surface area is 840 Å². The van der Waals surface area contributed by atoms with Crippen LogP contribution in [0, 0.1) is 0 Å². The summed E-state index contributed by atoms with van der Waals surface area (Å²) in [5.74, 6) is -8.68. The SMILES string of the molecule is CC(=O)C[C@@H]1CC[C@H](NC(=O)/C(=N/OCC(=O)O)c2cccs2)B(O)O1.CC(=O)C[C@@H]1CC[C@H](NC(=O)/C(=N\O)c2cccs2)B(O)O1.CC(=O)C[C@@H]1CC[C@H](NC(=O)/C(=N\OCC(=O)O)c2cccs2)B(O)O1.CC(=O)C[C@@H]1CC[C@H](NC(=O)/C(=N\OCCO)c2cccs2)B(O)O1.CC(=O)C[C@@H]1CC[C@H](NC(=O)Cc2cccc(O)c2)B(O)O1.CC(=O)C[C@@H]1CC[C@H](NC(=O)Cc2ccccc2O)B(O)O1. The lowest BCUT2D eigenvalue weighted by Gasteiger charge is -2.31. The van der Waals surface area contributed by atoms with Crippen molar-refractivity contribution in [1.82, 2.24) is 31.9 Å². The van der Waals surface area contributed by atoms with E-state index in [4.69, 9.17) is 53.3 Å². The summed E-state index contributed by atoms with van der Waals surface area (Å²) in [5, 5.41) is 151. The van der Waals surface area contributed by atoms with E-state index in [1.54, 1.807) is 100 Å². The third kappa shape index (κ3) is 43.4. The van der Waals surface area contributed by atoms with E-state index in [1.165, 1.54) is 105 Å². The van der Waals surface area contributed by atoms with Crippen molar-refractivity contribution in [3.8, 4) is 11.5 Å². The second-order valence-corrected chi connectivity index (χ2v) is 37.5. The summed E-state index contributed by atoms with van der Waals surface area (Å²) in [6.45, 7) is 7.21. The number of phenolic OH excluding ortho intramolecular Hbond substituents is 2. The maximum absolute atomic E-state index is 12.5. The number of benzene rings is 2. The molecule has 0 bridgehead atoms. The largest absolute Gasteiger partial charge is 0.508 e. The van der Waals surface area contributed by atoms with E-state index in [-0.39, 0.29) is 182 Å². The molecule has 6 saturated heterocycles. The van der Waals surface area contributed by atoms with E-state index in [2.05, 4.69) is 62.2 Å². The Balaban J connectivity index is 0.000000233. The van der Waals surface area contributed by atoms with Crippen molar-refractivity contribution < 1.29 is 170 Å². The fourth-order valence-electron chi connectivity index (χ4n) is 15.0. The summed E-state index contributed by atoms with van der Waals surface area (Å²) in [6, 6.07) is 26.7. The summed E-state index contributed by atoms with van der Waals surface area (Å²) < 4.78 is 32.2. The van der Waals surface area contributed by atoms with E-state index >= 15 is 0 Å². The lowest BCUT2D eigenvalue weighted by atomic mass is 9.72. The van der Waals surface area contributed by atoms with Crippen molar-refractivity contribution in [3.63, 3.8) is 0 Å². The Kier molecular flexibility index (Phi) is 51.4. The predicted molar refractivity (Wildman–Crippen MR) is 525 cm³/mol. The molecule has 6 fully saturated rings. The van der Waals surface area contributed by atoms with Gasteiger partial charge in [0.2, 0.25) is 25.0 Å². The molecule has 6 aromatic rings. The summed E-state index contributed by atoms with van der Waals surface area (Å²) in [5.41, 5.74) is 1.02. The van der Waals surface area contributed by atoms with Crippen LogP contribution < -0.4 is 31.9 Å². The Bertz CT molecular complexity index is 5160. The summed E-state index contributed by atoms with van der Waals surface area (Å²) >= 11 is 5.07. The first kappa shape index (κ1) is 118. The predicted octanol–water partition coefficient (Wildman–Crippen LogP) is 2.34. The molecule has 0 unspecified atom stereocenters. The number of hydrogen-bond donors (Lipinski definition) is 18. The van der Waals surface area contributed by atoms with Gasteiger partial charge in [-0.1, -0.05) is 75.2 Å². The van der Waals surface area contributed by atoms with Gasteiger partial charge >= 0.3 is 54.6 Å². The van der Waals surface area contributed by atoms with Gasteiger partial charge in [-0.2, -0.15) is 0 Å². The second-order valence-electron chi connectivity index (χ2n) is 33.7. The Morgan fingerprint density at radius 1 is 0.357 bits per heavy atom. The average Bonchev–Trinajstić information content (AvgIpc) is 1.76. The van der Waals surface area contributed by atoms with Crippen LogP contribution in [0.5, 0.6) is 11.5 Å². The number of para-hydroxylation sites is 1. The number of carbonyl (C=O) groups excluding carboxylic acids is 12. The maximum atomic E-state index is 12.5. The highest BCUT2D eigenvalue weighted by molar-refractivity contribution is 7.14. The summed E-state index contributed by atoms with van der Waals surface area (Å²) in [7, 11) is -7.10. The molecule has 770 valence electrons. The molecule has 2 aromatic carbocycles. The van der Waals surface area contributed by atoms with Gasteiger partial charge in [-0.05, 0) is 188 Å². The normalized spacial score (nSPS) is 21.2. The smallest absolute Gasteiger partial charge is 0.478 e. The lowest BCUT2D eigenvalue weighted by Crippen LogP contribution is -2.54. The molecule has 10 heterocycles. The quantitative estimate of drug-likeness (QED) is 0.00865. The average molecular weight is 2070 g/mol. The molecule has 0 radical (unpaired) electrons. The van der Waals surface area contributed by atoms with Crippen LogP contribution in [0.1, 0.15) is 188 Å². The molecule has 6 amide bonds. The molecular formula is C88H116B6N10O35S4. The van der Waals surface area contributed by atoms with Crippen molar-refractivity contribution >= 4 is 193 Å². The first-order chi connectivity index (χ1) is 68.1. The number of aliphatic carboxylic acids is 2. The highest BCUT2D eigenvalue weighted by atomic mass is 32.1. The number of phenols is 2. The van der Waals surface area contributed by atoms with Crippen LogP contribution in [0.25, 0.3) is 0 Å². The topological polar surface area (TPSA) is 686 Å². The first-order valence-electron chi connectivity index (χ1n) is 45.5. The van der Waals surface area contributed by atoms with Crippen LogP contribution in [0.15, 0.2) is 139 Å². The van der Waals surface area contributed by atoms with Gasteiger partial charge < -0.3 is 135 Å². The zero-order valence-electron chi connectivity index (χ0n) is 79.1. The number of oxime groups is 4. The number of ketones is 6. The van der Waals surface area contributed by atoms with Crippen molar-refractivity contribution in [1.29, 1.82) is 0 Å². The fraction of sp³-hybridized carbons (Fsp3) is 0.477. The molecule has 143 heavy (non-hydrogen) atoms. The van der Waals surface area contributed by atoms with E-state index in [0.717, 1.165) is 0 Å². The van der Waals surface area contributed by atoms with Crippen LogP contribution in [0.3, 0.4) is 0 Å². The van der Waals surface area contributed by atoms with Gasteiger partial charge in [0, 0.05) is 80.7 Å². The summed E-state index contributed by atoms with van der Waals surface area (Å²) in [6.07, 6.45) is 5.95. The molecule has 4 aromatic heterocycles. The minimum atomic E-state index is -1.25. The molecular weight excluding hydrogens is 1950 g/mol. The molecule has 55 heteroatoms. The first-order valence-corrected chi connectivity index (χ1v) is 49.0. The number of aliphatic hydroxyl groups excluding tert-OH is 1. The van der Waals surface area contributed by atoms with E-state index in [0.29, 0.717) is 108 Å². The van der Waals surface area contributed by atoms with E-state index < -0.39 is 127 Å². The number of hydrogen-bond acceptors (Lipinski definition) is 41. The fourth-order valence-corrected chi connectivity index (χ4v) is 17.8. The van der Waals surface area contributed by atoms with Gasteiger partial charge in [-0.3, -0.25) is 57.5 Å². The number of carboxylic acids is 2. The van der Waals surface area contributed by atoms with Crippen LogP contribution in [0.4, 0.5) is 0 Å². The molecule has 0 saturated carbocycles. The number of Topliss-reactive ketones (excluding diaryl/α,β-unsaturated/α-hetero) is 6. The van der Waals surface area contributed by atoms with Crippen LogP contribution in [0.2, 0.25) is 0 Å². The molecule has 12 atom stereocenters. The van der Waals surface area contributed by atoms with Gasteiger partial charge in [0.25, 0.3) is 23.6 Å². The Hall–Kier alpha value is -11.6. The molecule has 6 aliphatic rings. The zero-order chi connectivity index (χ0) is 105. The number of aromatic hydroxyl groups is 2. The third-order valence-corrected chi connectivity index (χ3v) is 25.0. The number of carbonyl (C=O) groups is 14. The van der Waals surface area contributed by atoms with Crippen molar-refractivity contribution in [3.05, 3.63) is 149 Å². The second kappa shape index (κ2) is 62.2. The van der Waals surface area contributed by atoms with Gasteiger partial charge in [-0.15, -0.1) is 45.3 Å². The number of aliphatic hydroxyl groups is 1. The number of carboxylic acid groups (broad SMARTS) is 2. The zero-order valence-corrected chi connectivity index (χ0v) is 82.4. The molecule has 18 N–H and O–H groups in total. The van der Waals surface area contributed by atoms with E-state index in [1.807, 2.05) is 0 Å². The highest BCUT2D eigenvalue weighted by Gasteiger charge is 2.44. The lowest BCUT2D eigenvalue weighted by molar-refractivity contribution is -0.143. The maximum Gasteiger partial charge on any atom is 0.478 e. The van der Waals surface area contributed by atoms with Gasteiger partial charge in [0.1, 0.15) is 52.8 Å². The molecule has 45 nitrogen and oxygen atoms in total. The van der Waals surface area contributed by atoms with Crippen LogP contribution >= 0.6 is 45.3 Å².